The molecule has 4 N–H and O–H groups in total. The molecule has 0 aliphatic carbocycles. The van der Waals surface area contributed by atoms with E-state index in [9.17, 15) is 9.59 Å². The molecule has 1 heterocycles. The molecule has 116 valence electrons. The highest BCUT2D eigenvalue weighted by atomic mass is 16.7. The zero-order valence-corrected chi connectivity index (χ0v) is 12.3. The van der Waals surface area contributed by atoms with Gasteiger partial charge in [0.1, 0.15) is 6.04 Å². The summed E-state index contributed by atoms with van der Waals surface area (Å²) in [5.41, 5.74) is 5.27. The van der Waals surface area contributed by atoms with Crippen LogP contribution in [0.4, 0.5) is 0 Å². The minimum Gasteiger partial charge on any atom is -0.354 e. The average Bonchev–Trinajstić information content (AvgIpc) is 2.84. The van der Waals surface area contributed by atoms with Gasteiger partial charge in [-0.3, -0.25) is 9.59 Å². The third kappa shape index (κ3) is 5.07. The molecule has 0 saturated carbocycles. The van der Waals surface area contributed by atoms with Crippen molar-refractivity contribution in [1.82, 2.24) is 10.6 Å². The van der Waals surface area contributed by atoms with Crippen molar-refractivity contribution in [3.05, 3.63) is 0 Å². The largest absolute Gasteiger partial charge is 0.354 e. The van der Waals surface area contributed by atoms with Crippen LogP contribution in [-0.2, 0) is 19.1 Å². The molecule has 0 radical (unpaired) electrons. The maximum absolute atomic E-state index is 12.3. The van der Waals surface area contributed by atoms with Gasteiger partial charge in [-0.25, -0.2) is 0 Å². The van der Waals surface area contributed by atoms with Gasteiger partial charge in [-0.15, -0.1) is 0 Å². The fourth-order valence-corrected chi connectivity index (χ4v) is 2.18. The third-order valence-electron chi connectivity index (χ3n) is 3.14. The topological polar surface area (TPSA) is 103 Å². The molecule has 7 nitrogen and oxygen atoms in total. The normalized spacial score (nSPS) is 23.6. The summed E-state index contributed by atoms with van der Waals surface area (Å²) in [6, 6.07) is -0.763. The summed E-state index contributed by atoms with van der Waals surface area (Å²) in [7, 11) is 1.54. The second-order valence-corrected chi connectivity index (χ2v) is 5.33. The van der Waals surface area contributed by atoms with E-state index >= 15 is 0 Å². The van der Waals surface area contributed by atoms with Crippen molar-refractivity contribution >= 4 is 11.8 Å². The second-order valence-electron chi connectivity index (χ2n) is 5.33. The van der Waals surface area contributed by atoms with Crippen molar-refractivity contribution in [3.8, 4) is 0 Å². The van der Waals surface area contributed by atoms with E-state index in [1.807, 2.05) is 13.8 Å². The first-order valence-corrected chi connectivity index (χ1v) is 6.92. The molecular formula is C13H25N3O4. The van der Waals surface area contributed by atoms with Gasteiger partial charge in [0.05, 0.1) is 19.2 Å². The molecular weight excluding hydrogens is 262 g/mol. The molecule has 0 spiro atoms. The van der Waals surface area contributed by atoms with Crippen molar-refractivity contribution in [2.24, 2.45) is 11.7 Å². The first-order chi connectivity index (χ1) is 9.47. The van der Waals surface area contributed by atoms with E-state index in [1.54, 1.807) is 0 Å². The maximum atomic E-state index is 12.3. The van der Waals surface area contributed by atoms with Gasteiger partial charge in [-0.05, 0) is 18.8 Å². The van der Waals surface area contributed by atoms with Crippen LogP contribution in [-0.4, -0.2) is 50.4 Å². The van der Waals surface area contributed by atoms with Gasteiger partial charge in [0.15, 0.2) is 6.29 Å². The summed E-state index contributed by atoms with van der Waals surface area (Å²) in [5, 5.41) is 5.52. The Bertz CT molecular complexity index is 336. The van der Waals surface area contributed by atoms with Crippen LogP contribution in [0, 0.1) is 5.92 Å². The molecule has 1 aliphatic heterocycles. The maximum Gasteiger partial charge on any atom is 0.242 e. The molecule has 0 aromatic carbocycles. The van der Waals surface area contributed by atoms with Crippen LogP contribution in [0.1, 0.15) is 26.7 Å². The number of nitrogens with one attached hydrogen (secondary N) is 2. The first-order valence-electron chi connectivity index (χ1n) is 6.92. The Morgan fingerprint density at radius 2 is 2.15 bits per heavy atom. The Balaban J connectivity index is 2.59. The average molecular weight is 287 g/mol. The van der Waals surface area contributed by atoms with Gasteiger partial charge in [-0.2, -0.15) is 0 Å². The summed E-state index contributed by atoms with van der Waals surface area (Å²) >= 11 is 0. The highest BCUT2D eigenvalue weighted by Gasteiger charge is 2.32. The number of carbonyl (C=O) groups is 2. The molecule has 0 aromatic heterocycles. The van der Waals surface area contributed by atoms with Crippen molar-refractivity contribution in [2.45, 2.75) is 45.1 Å². The highest BCUT2D eigenvalue weighted by molar-refractivity contribution is 5.88. The molecule has 2 amide bonds. The summed E-state index contributed by atoms with van der Waals surface area (Å²) in [5.74, 6) is -0.281. The van der Waals surface area contributed by atoms with Crippen LogP contribution in [0.25, 0.3) is 0 Å². The van der Waals surface area contributed by atoms with E-state index in [4.69, 9.17) is 15.2 Å². The van der Waals surface area contributed by atoms with E-state index in [0.29, 0.717) is 19.4 Å². The molecule has 0 aromatic rings. The van der Waals surface area contributed by atoms with E-state index in [2.05, 4.69) is 10.6 Å². The highest BCUT2D eigenvalue weighted by Crippen LogP contribution is 2.14. The predicted octanol–water partition coefficient (Wildman–Crippen LogP) is -0.646. The molecule has 20 heavy (non-hydrogen) atoms. The summed E-state index contributed by atoms with van der Waals surface area (Å²) in [4.78, 5) is 23.7. The molecule has 1 fully saturated rings. The lowest BCUT2D eigenvalue weighted by Crippen LogP contribution is -2.53. The Kier molecular flexibility index (Phi) is 6.90. The summed E-state index contributed by atoms with van der Waals surface area (Å²) in [6.07, 6.45) is 0.829. The van der Waals surface area contributed by atoms with Crippen LogP contribution >= 0.6 is 0 Å². The predicted molar refractivity (Wildman–Crippen MR) is 73.7 cm³/mol. The summed E-state index contributed by atoms with van der Waals surface area (Å²) in [6.45, 7) is 4.40. The molecule has 1 aliphatic rings. The fraction of sp³-hybridized carbons (Fsp3) is 0.846. The minimum atomic E-state index is -0.579. The fourth-order valence-electron chi connectivity index (χ4n) is 2.18. The van der Waals surface area contributed by atoms with Crippen LogP contribution in [0.5, 0.6) is 0 Å². The molecule has 1 rings (SSSR count). The molecule has 0 bridgehead atoms. The van der Waals surface area contributed by atoms with E-state index in [0.717, 1.165) is 0 Å². The SMILES string of the molecule is COC1OCC[C@@H]1NC(=O)[C@H](CC(C)C)NC(=O)CN. The van der Waals surface area contributed by atoms with Crippen LogP contribution in [0.3, 0.4) is 0 Å². The number of hydrogen-bond acceptors (Lipinski definition) is 5. The Hall–Kier alpha value is -1.18. The van der Waals surface area contributed by atoms with Gasteiger partial charge in [-0.1, -0.05) is 13.8 Å². The molecule has 1 saturated heterocycles. The number of hydrogen-bond donors (Lipinski definition) is 3. The summed E-state index contributed by atoms with van der Waals surface area (Å²) < 4.78 is 10.5. The minimum absolute atomic E-state index is 0.130. The molecule has 3 atom stereocenters. The molecule has 1 unspecified atom stereocenters. The standard InChI is InChI=1S/C13H25N3O4/c1-8(2)6-10(15-11(17)7-14)12(18)16-9-4-5-20-13(9)19-3/h8-10,13H,4-7,14H2,1-3H3,(H,15,17)(H,16,18)/t9-,10-,13?/m0/s1. The lowest BCUT2D eigenvalue weighted by Gasteiger charge is -2.24. The Morgan fingerprint density at radius 1 is 1.45 bits per heavy atom. The number of carbonyl (C=O) groups excluding carboxylic acids is 2. The number of methoxy groups -OCH3 is 1. The van der Waals surface area contributed by atoms with Crippen molar-refractivity contribution in [2.75, 3.05) is 20.3 Å². The first kappa shape index (κ1) is 16.9. The lowest BCUT2D eigenvalue weighted by atomic mass is 10.0. The van der Waals surface area contributed by atoms with Gasteiger partial charge in [0.2, 0.25) is 11.8 Å². The third-order valence-corrected chi connectivity index (χ3v) is 3.14. The van der Waals surface area contributed by atoms with Crippen molar-refractivity contribution in [3.63, 3.8) is 0 Å². The van der Waals surface area contributed by atoms with Crippen LogP contribution < -0.4 is 16.4 Å². The van der Waals surface area contributed by atoms with Gasteiger partial charge < -0.3 is 25.8 Å². The van der Waals surface area contributed by atoms with Crippen molar-refractivity contribution < 1.29 is 19.1 Å². The van der Waals surface area contributed by atoms with Gasteiger partial charge in [0, 0.05) is 7.11 Å². The zero-order chi connectivity index (χ0) is 15.1. The van der Waals surface area contributed by atoms with Crippen LogP contribution in [0.2, 0.25) is 0 Å². The zero-order valence-electron chi connectivity index (χ0n) is 12.3. The Labute approximate surface area is 119 Å². The second kappa shape index (κ2) is 8.18. The monoisotopic (exact) mass is 287 g/mol. The lowest BCUT2D eigenvalue weighted by molar-refractivity contribution is -0.133. The van der Waals surface area contributed by atoms with Gasteiger partial charge >= 0.3 is 0 Å². The quantitative estimate of drug-likeness (QED) is 0.577. The number of nitrogens with two attached hydrogens (primary N) is 1. The van der Waals surface area contributed by atoms with Gasteiger partial charge in [0.25, 0.3) is 0 Å². The van der Waals surface area contributed by atoms with Crippen molar-refractivity contribution in [1.29, 1.82) is 0 Å². The van der Waals surface area contributed by atoms with Crippen LogP contribution in [0.15, 0.2) is 0 Å². The Morgan fingerprint density at radius 3 is 2.70 bits per heavy atom. The smallest absolute Gasteiger partial charge is 0.242 e. The van der Waals surface area contributed by atoms with E-state index in [-0.39, 0.29) is 30.3 Å². The number of rotatable bonds is 7. The van der Waals surface area contributed by atoms with E-state index in [1.165, 1.54) is 7.11 Å². The number of ether oxygens (including phenoxy) is 2. The van der Waals surface area contributed by atoms with E-state index < -0.39 is 12.3 Å². The molecule has 7 heteroatoms. The number of amides is 2.